The normalized spacial score (nSPS) is 11.5. The molecule has 0 fully saturated rings. The third kappa shape index (κ3) is 3.46. The molecule has 0 aliphatic heterocycles. The molecule has 0 atom stereocenters. The Morgan fingerprint density at radius 2 is 1.33 bits per heavy atom. The van der Waals surface area contributed by atoms with Crippen molar-refractivity contribution in [3.05, 3.63) is 71.3 Å². The maximum Gasteiger partial charge on any atom is -0.0132 e. The predicted octanol–water partition coefficient (Wildman–Crippen LogP) is 4.77. The summed E-state index contributed by atoms with van der Waals surface area (Å²) in [7, 11) is 0. The van der Waals surface area contributed by atoms with E-state index in [0.717, 1.165) is 12.8 Å². The molecule has 2 rings (SSSR count). The third-order valence-corrected chi connectivity index (χ3v) is 3.34. The number of aryl methyl sites for hydroxylation is 2. The van der Waals surface area contributed by atoms with Crippen molar-refractivity contribution in [1.29, 1.82) is 0 Å². The van der Waals surface area contributed by atoms with Crippen LogP contribution in [0, 0.1) is 0 Å². The summed E-state index contributed by atoms with van der Waals surface area (Å²) in [5.74, 6) is 0. The van der Waals surface area contributed by atoms with E-state index in [9.17, 15) is 0 Å². The summed E-state index contributed by atoms with van der Waals surface area (Å²) in [6, 6.07) is 19.7. The van der Waals surface area contributed by atoms with Crippen molar-refractivity contribution in [2.24, 2.45) is 0 Å². The van der Waals surface area contributed by atoms with E-state index in [1.807, 2.05) is 0 Å². The molecule has 0 heterocycles. The monoisotopic (exact) mass is 238 g/mol. The van der Waals surface area contributed by atoms with Crippen LogP contribution < -0.4 is 0 Å². The highest BCUT2D eigenvalue weighted by Gasteiger charge is 2.13. The summed E-state index contributed by atoms with van der Waals surface area (Å²) in [6.07, 6.45) is 2.24. The highest BCUT2D eigenvalue weighted by molar-refractivity contribution is 5.29. The van der Waals surface area contributed by atoms with Crippen LogP contribution in [0.1, 0.15) is 37.5 Å². The van der Waals surface area contributed by atoms with Crippen LogP contribution >= 0.6 is 0 Å². The molecule has 0 saturated heterocycles. The van der Waals surface area contributed by atoms with Crippen molar-refractivity contribution in [3.8, 4) is 0 Å². The molecule has 0 heteroatoms. The van der Waals surface area contributed by atoms with Crippen LogP contribution in [0.2, 0.25) is 0 Å². The Labute approximate surface area is 111 Å². The summed E-state index contributed by atoms with van der Waals surface area (Å²) < 4.78 is 0. The van der Waals surface area contributed by atoms with Crippen molar-refractivity contribution >= 4 is 0 Å². The molecule has 94 valence electrons. The zero-order valence-electron chi connectivity index (χ0n) is 11.6. The topological polar surface area (TPSA) is 0 Å². The second-order valence-corrected chi connectivity index (χ2v) is 5.94. The van der Waals surface area contributed by atoms with Crippen LogP contribution in [-0.2, 0) is 18.3 Å². The molecule has 0 unspecified atom stereocenters. The first kappa shape index (κ1) is 12.9. The number of rotatable bonds is 3. The lowest BCUT2D eigenvalue weighted by Gasteiger charge is -2.19. The van der Waals surface area contributed by atoms with Crippen molar-refractivity contribution in [2.45, 2.75) is 39.0 Å². The number of benzene rings is 2. The average Bonchev–Trinajstić information content (AvgIpc) is 2.37. The lowest BCUT2D eigenvalue weighted by molar-refractivity contribution is 0.589. The minimum atomic E-state index is 0.239. The summed E-state index contributed by atoms with van der Waals surface area (Å²) in [4.78, 5) is 0. The second-order valence-electron chi connectivity index (χ2n) is 5.94. The molecule has 0 nitrogen and oxygen atoms in total. The summed E-state index contributed by atoms with van der Waals surface area (Å²) in [5.41, 5.74) is 4.51. The molecule has 2 aromatic carbocycles. The fourth-order valence-electron chi connectivity index (χ4n) is 2.13. The SMILES string of the molecule is CC(C)(C)c1cccc(CCc2ccccc2)c1. The maximum absolute atomic E-state index is 2.35. The molecule has 0 bridgehead atoms. The van der Waals surface area contributed by atoms with E-state index in [1.54, 1.807) is 0 Å². The molecular weight excluding hydrogens is 216 g/mol. The van der Waals surface area contributed by atoms with Gasteiger partial charge in [-0.3, -0.25) is 0 Å². The largest absolute Gasteiger partial charge is 0.0622 e. The van der Waals surface area contributed by atoms with Gasteiger partial charge in [0.1, 0.15) is 0 Å². The van der Waals surface area contributed by atoms with Gasteiger partial charge >= 0.3 is 0 Å². The van der Waals surface area contributed by atoms with Gasteiger partial charge in [0, 0.05) is 0 Å². The van der Waals surface area contributed by atoms with Gasteiger partial charge in [0.2, 0.25) is 0 Å². The fraction of sp³-hybridized carbons (Fsp3) is 0.333. The first-order valence-electron chi connectivity index (χ1n) is 6.69. The molecular formula is C18H22. The standard InChI is InChI=1S/C18H22/c1-18(2,3)17-11-7-10-16(14-17)13-12-15-8-5-4-6-9-15/h4-11,14H,12-13H2,1-3H3. The van der Waals surface area contributed by atoms with Crippen molar-refractivity contribution in [1.82, 2.24) is 0 Å². The Kier molecular flexibility index (Phi) is 3.86. The zero-order valence-corrected chi connectivity index (χ0v) is 11.6. The minimum absolute atomic E-state index is 0.239. The Hall–Kier alpha value is -1.56. The van der Waals surface area contributed by atoms with Crippen molar-refractivity contribution in [3.63, 3.8) is 0 Å². The second kappa shape index (κ2) is 5.39. The van der Waals surface area contributed by atoms with E-state index in [4.69, 9.17) is 0 Å². The van der Waals surface area contributed by atoms with E-state index >= 15 is 0 Å². The van der Waals surface area contributed by atoms with Gasteiger partial charge in [0.05, 0.1) is 0 Å². The van der Waals surface area contributed by atoms with Crippen LogP contribution in [0.15, 0.2) is 54.6 Å². The van der Waals surface area contributed by atoms with Crippen LogP contribution in [0.25, 0.3) is 0 Å². The smallest absolute Gasteiger partial charge is 0.0132 e. The summed E-state index contributed by atoms with van der Waals surface area (Å²) >= 11 is 0. The molecule has 0 N–H and O–H groups in total. The highest BCUT2D eigenvalue weighted by Crippen LogP contribution is 2.23. The van der Waals surface area contributed by atoms with Gasteiger partial charge in [-0.25, -0.2) is 0 Å². The molecule has 18 heavy (non-hydrogen) atoms. The van der Waals surface area contributed by atoms with E-state index in [0.29, 0.717) is 0 Å². The van der Waals surface area contributed by atoms with E-state index in [-0.39, 0.29) is 5.41 Å². The van der Waals surface area contributed by atoms with Crippen molar-refractivity contribution in [2.75, 3.05) is 0 Å². The van der Waals surface area contributed by atoms with Crippen LogP contribution in [-0.4, -0.2) is 0 Å². The fourth-order valence-corrected chi connectivity index (χ4v) is 2.13. The number of hydrogen-bond acceptors (Lipinski definition) is 0. The third-order valence-electron chi connectivity index (χ3n) is 3.34. The molecule has 0 aliphatic carbocycles. The van der Waals surface area contributed by atoms with E-state index in [2.05, 4.69) is 75.4 Å². The maximum atomic E-state index is 2.35. The average molecular weight is 238 g/mol. The van der Waals surface area contributed by atoms with Crippen LogP contribution in [0.4, 0.5) is 0 Å². The molecule has 2 aromatic rings. The lowest BCUT2D eigenvalue weighted by Crippen LogP contribution is -2.11. The first-order valence-corrected chi connectivity index (χ1v) is 6.69. The van der Waals surface area contributed by atoms with Gasteiger partial charge in [0.15, 0.2) is 0 Å². The molecule has 0 saturated carbocycles. The van der Waals surface area contributed by atoms with Crippen molar-refractivity contribution < 1.29 is 0 Å². The van der Waals surface area contributed by atoms with Gasteiger partial charge in [-0.05, 0) is 34.9 Å². The minimum Gasteiger partial charge on any atom is -0.0622 e. The van der Waals surface area contributed by atoms with E-state index < -0.39 is 0 Å². The summed E-state index contributed by atoms with van der Waals surface area (Å²) in [5, 5.41) is 0. The zero-order chi connectivity index (χ0) is 13.0. The van der Waals surface area contributed by atoms with Gasteiger partial charge in [-0.15, -0.1) is 0 Å². The predicted molar refractivity (Wildman–Crippen MR) is 79.0 cm³/mol. The van der Waals surface area contributed by atoms with Gasteiger partial charge in [-0.1, -0.05) is 75.4 Å². The van der Waals surface area contributed by atoms with Gasteiger partial charge in [-0.2, -0.15) is 0 Å². The molecule has 0 spiro atoms. The van der Waals surface area contributed by atoms with Crippen LogP contribution in [0.3, 0.4) is 0 Å². The first-order chi connectivity index (χ1) is 8.55. The number of hydrogen-bond donors (Lipinski definition) is 0. The Morgan fingerprint density at radius 3 is 2.00 bits per heavy atom. The molecule has 0 aromatic heterocycles. The Bertz CT molecular complexity index is 489. The van der Waals surface area contributed by atoms with Gasteiger partial charge < -0.3 is 0 Å². The highest BCUT2D eigenvalue weighted by atomic mass is 14.2. The van der Waals surface area contributed by atoms with Gasteiger partial charge in [0.25, 0.3) is 0 Å². The van der Waals surface area contributed by atoms with Crippen LogP contribution in [0.5, 0.6) is 0 Å². The molecule has 0 amide bonds. The quantitative estimate of drug-likeness (QED) is 0.722. The molecule has 0 aliphatic rings. The lowest BCUT2D eigenvalue weighted by atomic mass is 9.85. The Morgan fingerprint density at radius 1 is 0.722 bits per heavy atom. The Balaban J connectivity index is 2.06. The van der Waals surface area contributed by atoms with E-state index in [1.165, 1.54) is 16.7 Å². The summed E-state index contributed by atoms with van der Waals surface area (Å²) in [6.45, 7) is 6.80. The molecule has 0 radical (unpaired) electrons.